The molecule has 0 aromatic carbocycles. The van der Waals surface area contributed by atoms with E-state index in [0.717, 1.165) is 5.56 Å². The highest BCUT2D eigenvalue weighted by molar-refractivity contribution is 5.76. The molecule has 0 unspecified atom stereocenters. The van der Waals surface area contributed by atoms with E-state index in [2.05, 4.69) is 20.4 Å². The van der Waals surface area contributed by atoms with E-state index in [-0.39, 0.29) is 17.9 Å². The van der Waals surface area contributed by atoms with Gasteiger partial charge in [0.05, 0.1) is 6.04 Å². The molecule has 6 nitrogen and oxygen atoms in total. The van der Waals surface area contributed by atoms with Crippen LogP contribution >= 0.6 is 0 Å². The summed E-state index contributed by atoms with van der Waals surface area (Å²) in [6.45, 7) is 5.99. The van der Waals surface area contributed by atoms with Gasteiger partial charge in [-0.05, 0) is 31.0 Å². The first kappa shape index (κ1) is 16.1. The molecule has 0 radical (unpaired) electrons. The van der Waals surface area contributed by atoms with Crippen molar-refractivity contribution in [1.82, 2.24) is 20.4 Å². The van der Waals surface area contributed by atoms with Crippen LogP contribution in [-0.4, -0.2) is 21.0 Å². The van der Waals surface area contributed by atoms with Gasteiger partial charge in [0.15, 0.2) is 5.82 Å². The summed E-state index contributed by atoms with van der Waals surface area (Å²) in [5.41, 5.74) is 1.04. The molecule has 0 bridgehead atoms. The molecule has 1 amide bonds. The van der Waals surface area contributed by atoms with Gasteiger partial charge in [-0.25, -0.2) is 0 Å². The molecule has 6 heteroatoms. The van der Waals surface area contributed by atoms with Crippen molar-refractivity contribution in [2.45, 2.75) is 52.0 Å². The molecule has 2 aromatic rings. The monoisotopic (exact) mass is 302 g/mol. The number of carbonyl (C=O) groups is 1. The Labute approximate surface area is 130 Å². The Kier molecular flexibility index (Phi) is 5.63. The first-order chi connectivity index (χ1) is 10.6. The minimum atomic E-state index is -0.0218. The molecule has 0 saturated carbocycles. The van der Waals surface area contributed by atoms with E-state index in [4.69, 9.17) is 4.52 Å². The second kappa shape index (κ2) is 7.68. The molecule has 0 aliphatic heterocycles. The zero-order chi connectivity index (χ0) is 15.9. The fourth-order valence-corrected chi connectivity index (χ4v) is 2.05. The smallest absolute Gasteiger partial charge is 0.226 e. The minimum absolute atomic E-state index is 0.0212. The van der Waals surface area contributed by atoms with Crippen LogP contribution in [0.4, 0.5) is 0 Å². The summed E-state index contributed by atoms with van der Waals surface area (Å²) in [5, 5.41) is 6.88. The van der Waals surface area contributed by atoms with Crippen LogP contribution in [0.2, 0.25) is 0 Å². The quantitative estimate of drug-likeness (QED) is 0.850. The Morgan fingerprint density at radius 1 is 1.27 bits per heavy atom. The van der Waals surface area contributed by atoms with Crippen LogP contribution in [-0.2, 0) is 11.2 Å². The summed E-state index contributed by atoms with van der Waals surface area (Å²) < 4.78 is 5.16. The van der Waals surface area contributed by atoms with Crippen LogP contribution in [0.15, 0.2) is 29.0 Å². The maximum absolute atomic E-state index is 11.9. The lowest BCUT2D eigenvalue weighted by atomic mass is 10.1. The molecule has 2 heterocycles. The maximum atomic E-state index is 11.9. The number of nitrogens with zero attached hydrogens (tertiary/aromatic N) is 3. The Morgan fingerprint density at radius 3 is 2.64 bits per heavy atom. The van der Waals surface area contributed by atoms with Gasteiger partial charge in [-0.2, -0.15) is 4.98 Å². The van der Waals surface area contributed by atoms with Crippen molar-refractivity contribution in [3.05, 3.63) is 41.8 Å². The summed E-state index contributed by atoms with van der Waals surface area (Å²) >= 11 is 0. The molecule has 0 fully saturated rings. The molecule has 22 heavy (non-hydrogen) atoms. The number of hydrogen-bond acceptors (Lipinski definition) is 5. The van der Waals surface area contributed by atoms with Crippen LogP contribution in [0.1, 0.15) is 62.9 Å². The standard InChI is InChI=1S/C16H22N4O2/c1-11(2)16-19-15(22-20-16)6-4-5-14(21)18-12(3)13-7-9-17-10-8-13/h7-12H,4-6H2,1-3H3,(H,18,21)/t12-/m0/s1. The highest BCUT2D eigenvalue weighted by atomic mass is 16.5. The summed E-state index contributed by atoms with van der Waals surface area (Å²) in [7, 11) is 0. The second-order valence-corrected chi connectivity index (χ2v) is 5.62. The Balaban J connectivity index is 1.73. The van der Waals surface area contributed by atoms with E-state index in [9.17, 15) is 4.79 Å². The molecule has 0 spiro atoms. The van der Waals surface area contributed by atoms with Crippen LogP contribution in [0, 0.1) is 0 Å². The highest BCUT2D eigenvalue weighted by Crippen LogP contribution is 2.12. The molecular weight excluding hydrogens is 280 g/mol. The van der Waals surface area contributed by atoms with Crippen molar-refractivity contribution in [1.29, 1.82) is 0 Å². The van der Waals surface area contributed by atoms with E-state index in [1.54, 1.807) is 12.4 Å². The van der Waals surface area contributed by atoms with Crippen molar-refractivity contribution < 1.29 is 9.32 Å². The molecule has 0 saturated heterocycles. The zero-order valence-electron chi connectivity index (χ0n) is 13.2. The third-order valence-corrected chi connectivity index (χ3v) is 3.38. The van der Waals surface area contributed by atoms with E-state index in [1.807, 2.05) is 32.9 Å². The molecule has 0 aliphatic carbocycles. The Bertz CT molecular complexity index is 595. The van der Waals surface area contributed by atoms with Gasteiger partial charge in [-0.3, -0.25) is 9.78 Å². The highest BCUT2D eigenvalue weighted by Gasteiger charge is 2.12. The van der Waals surface area contributed by atoms with E-state index < -0.39 is 0 Å². The lowest BCUT2D eigenvalue weighted by Crippen LogP contribution is -2.26. The minimum Gasteiger partial charge on any atom is -0.350 e. The predicted molar refractivity (Wildman–Crippen MR) is 82.1 cm³/mol. The Hall–Kier alpha value is -2.24. The van der Waals surface area contributed by atoms with Crippen LogP contribution in [0.25, 0.3) is 0 Å². The third kappa shape index (κ3) is 4.65. The maximum Gasteiger partial charge on any atom is 0.226 e. The molecule has 1 atom stereocenters. The van der Waals surface area contributed by atoms with Crippen LogP contribution < -0.4 is 5.32 Å². The van der Waals surface area contributed by atoms with Crippen molar-refractivity contribution in [2.75, 3.05) is 0 Å². The lowest BCUT2D eigenvalue weighted by molar-refractivity contribution is -0.121. The van der Waals surface area contributed by atoms with Gasteiger partial charge in [0.1, 0.15) is 0 Å². The lowest BCUT2D eigenvalue weighted by Gasteiger charge is -2.13. The molecule has 2 aromatic heterocycles. The number of aromatic nitrogens is 3. The first-order valence-electron chi connectivity index (χ1n) is 7.58. The fraction of sp³-hybridized carbons (Fsp3) is 0.500. The molecule has 118 valence electrons. The normalized spacial score (nSPS) is 12.4. The van der Waals surface area contributed by atoms with E-state index in [1.165, 1.54) is 0 Å². The van der Waals surface area contributed by atoms with Gasteiger partial charge in [0.25, 0.3) is 0 Å². The number of carbonyl (C=O) groups excluding carboxylic acids is 1. The first-order valence-corrected chi connectivity index (χ1v) is 7.58. The van der Waals surface area contributed by atoms with Gasteiger partial charge in [0.2, 0.25) is 11.8 Å². The summed E-state index contributed by atoms with van der Waals surface area (Å²) in [6.07, 6.45) is 5.19. The van der Waals surface area contributed by atoms with Crippen molar-refractivity contribution in [3.8, 4) is 0 Å². The van der Waals surface area contributed by atoms with Gasteiger partial charge in [0, 0.05) is 31.2 Å². The van der Waals surface area contributed by atoms with Gasteiger partial charge in [-0.15, -0.1) is 0 Å². The predicted octanol–water partition coefficient (Wildman–Crippen LogP) is 2.79. The molecule has 1 N–H and O–H groups in total. The summed E-state index contributed by atoms with van der Waals surface area (Å²) in [6, 6.07) is 3.78. The molecular formula is C16H22N4O2. The van der Waals surface area contributed by atoms with Crippen LogP contribution in [0.3, 0.4) is 0 Å². The van der Waals surface area contributed by atoms with Gasteiger partial charge in [-0.1, -0.05) is 19.0 Å². The largest absolute Gasteiger partial charge is 0.350 e. The van der Waals surface area contributed by atoms with Gasteiger partial charge >= 0.3 is 0 Å². The number of pyridine rings is 1. The van der Waals surface area contributed by atoms with Crippen molar-refractivity contribution in [3.63, 3.8) is 0 Å². The number of rotatable bonds is 7. The SMILES string of the molecule is CC(C)c1noc(CCCC(=O)N[C@@H](C)c2ccncc2)n1. The number of nitrogens with one attached hydrogen (secondary N) is 1. The average Bonchev–Trinajstić information content (AvgIpc) is 2.97. The van der Waals surface area contributed by atoms with E-state index >= 15 is 0 Å². The number of amides is 1. The molecule has 2 rings (SSSR count). The van der Waals surface area contributed by atoms with Crippen molar-refractivity contribution >= 4 is 5.91 Å². The Morgan fingerprint density at radius 2 is 2.00 bits per heavy atom. The van der Waals surface area contributed by atoms with Crippen molar-refractivity contribution in [2.24, 2.45) is 0 Å². The summed E-state index contributed by atoms with van der Waals surface area (Å²) in [4.78, 5) is 20.2. The third-order valence-electron chi connectivity index (χ3n) is 3.38. The molecule has 0 aliphatic rings. The topological polar surface area (TPSA) is 80.9 Å². The average molecular weight is 302 g/mol. The summed E-state index contributed by atoms with van der Waals surface area (Å²) in [5.74, 6) is 1.58. The number of hydrogen-bond donors (Lipinski definition) is 1. The second-order valence-electron chi connectivity index (χ2n) is 5.62. The van der Waals surface area contributed by atoms with Gasteiger partial charge < -0.3 is 9.84 Å². The van der Waals surface area contributed by atoms with Crippen LogP contribution in [0.5, 0.6) is 0 Å². The zero-order valence-corrected chi connectivity index (χ0v) is 13.2. The number of aryl methyl sites for hydroxylation is 1. The fourth-order valence-electron chi connectivity index (χ4n) is 2.05. The van der Waals surface area contributed by atoms with E-state index in [0.29, 0.717) is 31.0 Å².